The summed E-state index contributed by atoms with van der Waals surface area (Å²) in [6.45, 7) is 8.84. The van der Waals surface area contributed by atoms with Crippen LogP contribution in [0.3, 0.4) is 0 Å². The summed E-state index contributed by atoms with van der Waals surface area (Å²) in [6.07, 6.45) is 8.75. The fourth-order valence-corrected chi connectivity index (χ4v) is 1.24. The summed E-state index contributed by atoms with van der Waals surface area (Å²) in [5.74, 6) is 0. The molecule has 0 heterocycles. The van der Waals surface area contributed by atoms with E-state index in [4.69, 9.17) is 5.73 Å². The summed E-state index contributed by atoms with van der Waals surface area (Å²) in [5.41, 5.74) is 7.95. The molecule has 0 amide bonds. The van der Waals surface area contributed by atoms with Crippen LogP contribution in [0.5, 0.6) is 0 Å². The maximum atomic E-state index is 5.51. The van der Waals surface area contributed by atoms with Gasteiger partial charge in [0.25, 0.3) is 0 Å². The quantitative estimate of drug-likeness (QED) is 0.700. The molecule has 2 heteroatoms. The van der Waals surface area contributed by atoms with Crippen LogP contribution in [-0.4, -0.2) is 13.1 Å². The SMILES string of the molecule is CC1=CC=C(N)CC1.CCCNCCC. The van der Waals surface area contributed by atoms with Gasteiger partial charge in [0, 0.05) is 5.70 Å². The van der Waals surface area contributed by atoms with Gasteiger partial charge in [-0.05, 0) is 51.8 Å². The number of allylic oxidation sites excluding steroid dienone is 4. The molecule has 0 fully saturated rings. The van der Waals surface area contributed by atoms with Gasteiger partial charge in [-0.15, -0.1) is 0 Å². The molecular weight excluding hydrogens is 184 g/mol. The molecule has 0 aromatic heterocycles. The zero-order valence-electron chi connectivity index (χ0n) is 10.5. The van der Waals surface area contributed by atoms with Crippen LogP contribution in [0.4, 0.5) is 0 Å². The second kappa shape index (κ2) is 9.78. The third-order valence-electron chi connectivity index (χ3n) is 2.24. The first-order valence-corrected chi connectivity index (χ1v) is 6.03. The molecule has 0 aliphatic heterocycles. The summed E-state index contributed by atoms with van der Waals surface area (Å²) in [7, 11) is 0. The Morgan fingerprint density at radius 3 is 2.07 bits per heavy atom. The summed E-state index contributed by atoms with van der Waals surface area (Å²) in [4.78, 5) is 0. The molecule has 0 aromatic rings. The van der Waals surface area contributed by atoms with E-state index in [0.29, 0.717) is 0 Å². The van der Waals surface area contributed by atoms with Crippen molar-refractivity contribution in [1.82, 2.24) is 5.32 Å². The number of nitrogens with two attached hydrogens (primary N) is 1. The van der Waals surface area contributed by atoms with E-state index < -0.39 is 0 Å². The molecule has 2 nitrogen and oxygen atoms in total. The Labute approximate surface area is 94.6 Å². The Kier molecular flexibility index (Phi) is 9.29. The molecule has 3 N–H and O–H groups in total. The number of hydrogen-bond acceptors (Lipinski definition) is 2. The zero-order chi connectivity index (χ0) is 11.5. The van der Waals surface area contributed by atoms with Crippen molar-refractivity contribution in [1.29, 1.82) is 0 Å². The van der Waals surface area contributed by atoms with E-state index in [1.807, 2.05) is 6.08 Å². The summed E-state index contributed by atoms with van der Waals surface area (Å²) in [6, 6.07) is 0. The average molecular weight is 210 g/mol. The molecular formula is C13H26N2. The molecule has 88 valence electrons. The third kappa shape index (κ3) is 9.54. The number of nitrogens with one attached hydrogen (secondary N) is 1. The summed E-state index contributed by atoms with van der Waals surface area (Å²) in [5, 5.41) is 3.28. The maximum Gasteiger partial charge on any atom is 0.00836 e. The normalized spacial score (nSPS) is 14.9. The van der Waals surface area contributed by atoms with Gasteiger partial charge in [-0.3, -0.25) is 0 Å². The first-order chi connectivity index (χ1) is 7.20. The second-order valence-corrected chi connectivity index (χ2v) is 4.00. The van der Waals surface area contributed by atoms with E-state index in [-0.39, 0.29) is 0 Å². The van der Waals surface area contributed by atoms with Crippen molar-refractivity contribution >= 4 is 0 Å². The topological polar surface area (TPSA) is 38.0 Å². The van der Waals surface area contributed by atoms with E-state index in [9.17, 15) is 0 Å². The molecule has 0 saturated carbocycles. The third-order valence-corrected chi connectivity index (χ3v) is 2.24. The summed E-state index contributed by atoms with van der Waals surface area (Å²) >= 11 is 0. The van der Waals surface area contributed by atoms with Crippen molar-refractivity contribution in [2.45, 2.75) is 46.5 Å². The Morgan fingerprint density at radius 2 is 1.73 bits per heavy atom. The number of rotatable bonds is 4. The molecule has 0 aromatic carbocycles. The smallest absolute Gasteiger partial charge is 0.00836 e. The van der Waals surface area contributed by atoms with Crippen LogP contribution in [0, 0.1) is 0 Å². The first-order valence-electron chi connectivity index (χ1n) is 6.03. The van der Waals surface area contributed by atoms with E-state index in [1.165, 1.54) is 31.5 Å². The molecule has 1 rings (SSSR count). The molecule has 0 atom stereocenters. The lowest BCUT2D eigenvalue weighted by Gasteiger charge is -2.05. The highest BCUT2D eigenvalue weighted by Crippen LogP contribution is 2.12. The molecule has 0 spiro atoms. The lowest BCUT2D eigenvalue weighted by molar-refractivity contribution is 0.662. The first kappa shape index (κ1) is 14.2. The van der Waals surface area contributed by atoms with Gasteiger partial charge in [-0.25, -0.2) is 0 Å². The van der Waals surface area contributed by atoms with E-state index in [2.05, 4.69) is 32.2 Å². The van der Waals surface area contributed by atoms with Crippen molar-refractivity contribution in [3.63, 3.8) is 0 Å². The standard InChI is InChI=1S/C7H11N.C6H15N/c1-6-2-4-7(8)5-3-6;1-3-5-7-6-4-2/h2,4H,3,5,8H2,1H3;7H,3-6H2,1-2H3. The summed E-state index contributed by atoms with van der Waals surface area (Å²) < 4.78 is 0. The van der Waals surface area contributed by atoms with Crippen molar-refractivity contribution in [3.8, 4) is 0 Å². The van der Waals surface area contributed by atoms with E-state index in [0.717, 1.165) is 18.5 Å². The highest BCUT2D eigenvalue weighted by Gasteiger charge is 1.96. The molecule has 0 saturated heterocycles. The van der Waals surface area contributed by atoms with E-state index in [1.54, 1.807) is 0 Å². The molecule has 1 aliphatic rings. The van der Waals surface area contributed by atoms with Gasteiger partial charge in [0.05, 0.1) is 0 Å². The van der Waals surface area contributed by atoms with E-state index >= 15 is 0 Å². The van der Waals surface area contributed by atoms with Gasteiger partial charge in [-0.1, -0.05) is 25.5 Å². The molecule has 0 bridgehead atoms. The average Bonchev–Trinajstić information content (AvgIpc) is 2.24. The fourth-order valence-electron chi connectivity index (χ4n) is 1.24. The van der Waals surface area contributed by atoms with Crippen LogP contribution in [-0.2, 0) is 0 Å². The minimum Gasteiger partial charge on any atom is -0.402 e. The van der Waals surface area contributed by atoms with Crippen molar-refractivity contribution in [2.24, 2.45) is 5.73 Å². The largest absolute Gasteiger partial charge is 0.402 e. The van der Waals surface area contributed by atoms with Crippen molar-refractivity contribution < 1.29 is 0 Å². The lowest BCUT2D eigenvalue weighted by atomic mass is 10.1. The van der Waals surface area contributed by atoms with Gasteiger partial charge in [0.2, 0.25) is 0 Å². The van der Waals surface area contributed by atoms with Crippen LogP contribution < -0.4 is 11.1 Å². The minimum absolute atomic E-state index is 1.01. The van der Waals surface area contributed by atoms with Crippen LogP contribution in [0.1, 0.15) is 46.5 Å². The lowest BCUT2D eigenvalue weighted by Crippen LogP contribution is -2.14. The van der Waals surface area contributed by atoms with Crippen LogP contribution in [0.25, 0.3) is 0 Å². The Morgan fingerprint density at radius 1 is 1.13 bits per heavy atom. The number of hydrogen-bond donors (Lipinski definition) is 2. The zero-order valence-corrected chi connectivity index (χ0v) is 10.5. The van der Waals surface area contributed by atoms with Crippen LogP contribution in [0.2, 0.25) is 0 Å². The fraction of sp³-hybridized carbons (Fsp3) is 0.692. The van der Waals surface area contributed by atoms with Crippen molar-refractivity contribution in [3.05, 3.63) is 23.4 Å². The van der Waals surface area contributed by atoms with Gasteiger partial charge >= 0.3 is 0 Å². The predicted molar refractivity (Wildman–Crippen MR) is 68.7 cm³/mol. The van der Waals surface area contributed by atoms with Gasteiger partial charge < -0.3 is 11.1 Å². The monoisotopic (exact) mass is 210 g/mol. The predicted octanol–water partition coefficient (Wildman–Crippen LogP) is 2.97. The molecule has 15 heavy (non-hydrogen) atoms. The highest BCUT2D eigenvalue weighted by atomic mass is 14.8. The van der Waals surface area contributed by atoms with Gasteiger partial charge in [-0.2, -0.15) is 0 Å². The van der Waals surface area contributed by atoms with Crippen LogP contribution >= 0.6 is 0 Å². The highest BCUT2D eigenvalue weighted by molar-refractivity contribution is 5.20. The Bertz CT molecular complexity index is 183. The molecule has 0 unspecified atom stereocenters. The van der Waals surface area contributed by atoms with Gasteiger partial charge in [0.1, 0.15) is 0 Å². The minimum atomic E-state index is 1.01. The maximum absolute atomic E-state index is 5.51. The molecule has 1 aliphatic carbocycles. The second-order valence-electron chi connectivity index (χ2n) is 4.00. The Balaban J connectivity index is 0.000000265. The van der Waals surface area contributed by atoms with Crippen molar-refractivity contribution in [2.75, 3.05) is 13.1 Å². The van der Waals surface area contributed by atoms with Gasteiger partial charge in [0.15, 0.2) is 0 Å². The molecule has 0 radical (unpaired) electrons. The van der Waals surface area contributed by atoms with Crippen LogP contribution in [0.15, 0.2) is 23.4 Å². The Hall–Kier alpha value is -0.760.